The monoisotopic (exact) mass is 256 g/mol. The van der Waals surface area contributed by atoms with Gasteiger partial charge in [0.2, 0.25) is 0 Å². The zero-order chi connectivity index (χ0) is 14.3. The average Bonchev–Trinajstić information content (AvgIpc) is 2.38. The predicted molar refractivity (Wildman–Crippen MR) is 85.3 cm³/mol. The van der Waals surface area contributed by atoms with E-state index in [1.165, 1.54) is 44.9 Å². The van der Waals surface area contributed by atoms with Crippen molar-refractivity contribution in [2.75, 3.05) is 0 Å². The summed E-state index contributed by atoms with van der Waals surface area (Å²) in [4.78, 5) is 0. The van der Waals surface area contributed by atoms with E-state index in [0.29, 0.717) is 5.92 Å². The van der Waals surface area contributed by atoms with Crippen molar-refractivity contribution < 1.29 is 0 Å². The van der Waals surface area contributed by atoms with E-state index >= 15 is 0 Å². The number of hydrogen-bond donors (Lipinski definition) is 0. The van der Waals surface area contributed by atoms with Crippen LogP contribution in [-0.2, 0) is 0 Å². The highest BCUT2D eigenvalue weighted by Crippen LogP contribution is 2.16. The van der Waals surface area contributed by atoms with Crippen molar-refractivity contribution in [3.05, 3.63) is 0 Å². The molecule has 0 aromatic rings. The van der Waals surface area contributed by atoms with Crippen LogP contribution >= 0.6 is 0 Å². The Balaban J connectivity index is 3.61. The molecule has 0 aliphatic rings. The van der Waals surface area contributed by atoms with Gasteiger partial charge in [0, 0.05) is 5.92 Å². The van der Waals surface area contributed by atoms with E-state index in [2.05, 4.69) is 56.3 Å². The lowest BCUT2D eigenvalue weighted by molar-refractivity contribution is 0.448. The molecule has 19 heavy (non-hydrogen) atoms. The van der Waals surface area contributed by atoms with Crippen molar-refractivity contribution in [2.24, 2.45) is 11.8 Å². The molecule has 0 radical (unpaired) electrons. The van der Waals surface area contributed by atoms with Gasteiger partial charge in [-0.2, -0.15) is 0 Å². The fraction of sp³-hybridized carbons (Fsp3) is 0.684. The molecule has 2 atom stereocenters. The molecule has 0 N–H and O–H groups in total. The summed E-state index contributed by atoms with van der Waals surface area (Å²) in [5.74, 6) is 18.3. The second-order valence-corrected chi connectivity index (χ2v) is 5.33. The van der Waals surface area contributed by atoms with Gasteiger partial charge < -0.3 is 0 Å². The summed E-state index contributed by atoms with van der Waals surface area (Å²) < 4.78 is 0. The van der Waals surface area contributed by atoms with Crippen LogP contribution in [0, 0.1) is 47.4 Å². The summed E-state index contributed by atoms with van der Waals surface area (Å²) in [6.45, 7) is 8.60. The Morgan fingerprint density at radius 2 is 1.47 bits per heavy atom. The van der Waals surface area contributed by atoms with E-state index in [9.17, 15) is 0 Å². The van der Waals surface area contributed by atoms with Crippen molar-refractivity contribution in [3.63, 3.8) is 0 Å². The Morgan fingerprint density at radius 1 is 0.789 bits per heavy atom. The minimum Gasteiger partial charge on any atom is -0.0925 e. The van der Waals surface area contributed by atoms with Gasteiger partial charge in [0.1, 0.15) is 0 Å². The van der Waals surface area contributed by atoms with Crippen molar-refractivity contribution in [1.82, 2.24) is 0 Å². The predicted octanol–water partition coefficient (Wildman–Crippen LogP) is 5.04. The highest BCUT2D eigenvalue weighted by molar-refractivity contribution is 5.35. The first-order valence-corrected chi connectivity index (χ1v) is 7.63. The number of rotatable bonds is 8. The van der Waals surface area contributed by atoms with E-state index in [1.54, 1.807) is 6.92 Å². The summed E-state index contributed by atoms with van der Waals surface area (Å²) in [6, 6.07) is 0. The van der Waals surface area contributed by atoms with Crippen LogP contribution in [-0.4, -0.2) is 0 Å². The number of hydrogen-bond acceptors (Lipinski definition) is 0. The fourth-order valence-corrected chi connectivity index (χ4v) is 2.11. The molecule has 0 unspecified atom stereocenters. The first-order valence-electron chi connectivity index (χ1n) is 7.63. The smallest absolute Gasteiger partial charge is 0.0184 e. The molecule has 0 saturated carbocycles. The van der Waals surface area contributed by atoms with Gasteiger partial charge in [-0.3, -0.25) is 0 Å². The van der Waals surface area contributed by atoms with Crippen molar-refractivity contribution in [1.29, 1.82) is 0 Å². The molecule has 0 saturated heterocycles. The Kier molecular flexibility index (Phi) is 12.2. The van der Waals surface area contributed by atoms with E-state index in [1.807, 2.05) is 0 Å². The SMILES string of the molecule is CC#CC#CC#C[C@@H](C)CCCCC[C@@H](C)CCC. The minimum atomic E-state index is 0.456. The third-order valence-corrected chi connectivity index (χ3v) is 3.25. The highest BCUT2D eigenvalue weighted by atomic mass is 14.1. The maximum atomic E-state index is 3.17. The molecular formula is C19H28. The number of unbranched alkanes of at least 4 members (excludes halogenated alkanes) is 2. The second-order valence-electron chi connectivity index (χ2n) is 5.33. The zero-order valence-electron chi connectivity index (χ0n) is 13.1. The molecule has 0 heterocycles. The van der Waals surface area contributed by atoms with Gasteiger partial charge in [0.25, 0.3) is 0 Å². The summed E-state index contributed by atoms with van der Waals surface area (Å²) in [5.41, 5.74) is 0. The van der Waals surface area contributed by atoms with Gasteiger partial charge >= 0.3 is 0 Å². The summed E-state index contributed by atoms with van der Waals surface area (Å²) in [5, 5.41) is 0. The largest absolute Gasteiger partial charge is 0.0925 e. The maximum Gasteiger partial charge on any atom is 0.0184 e. The lowest BCUT2D eigenvalue weighted by Gasteiger charge is -2.09. The molecule has 0 spiro atoms. The van der Waals surface area contributed by atoms with Crippen molar-refractivity contribution in [3.8, 4) is 35.5 Å². The van der Waals surface area contributed by atoms with Crippen molar-refractivity contribution in [2.45, 2.75) is 72.6 Å². The van der Waals surface area contributed by atoms with E-state index in [0.717, 1.165) is 5.92 Å². The fourth-order valence-electron chi connectivity index (χ4n) is 2.11. The molecule has 0 nitrogen and oxygen atoms in total. The molecule has 0 fully saturated rings. The average molecular weight is 256 g/mol. The van der Waals surface area contributed by atoms with Gasteiger partial charge in [-0.15, -0.1) is 0 Å². The van der Waals surface area contributed by atoms with E-state index < -0.39 is 0 Å². The van der Waals surface area contributed by atoms with Gasteiger partial charge in [0.15, 0.2) is 0 Å². The molecule has 0 aliphatic heterocycles. The molecular weight excluding hydrogens is 228 g/mol. The van der Waals surface area contributed by atoms with Crippen LogP contribution in [0.5, 0.6) is 0 Å². The maximum absolute atomic E-state index is 3.17. The molecule has 0 aliphatic carbocycles. The normalized spacial score (nSPS) is 12.0. The molecule has 0 heteroatoms. The second kappa shape index (κ2) is 13.1. The summed E-state index contributed by atoms with van der Waals surface area (Å²) in [7, 11) is 0. The topological polar surface area (TPSA) is 0 Å². The van der Waals surface area contributed by atoms with Crippen LogP contribution in [0.25, 0.3) is 0 Å². The van der Waals surface area contributed by atoms with E-state index in [-0.39, 0.29) is 0 Å². The molecule has 0 rings (SSSR count). The van der Waals surface area contributed by atoms with Crippen LogP contribution < -0.4 is 0 Å². The van der Waals surface area contributed by atoms with Crippen molar-refractivity contribution >= 4 is 0 Å². The summed E-state index contributed by atoms with van der Waals surface area (Å²) >= 11 is 0. The first kappa shape index (κ1) is 17.7. The molecule has 0 aromatic carbocycles. The Hall–Kier alpha value is -1.32. The van der Waals surface area contributed by atoms with Gasteiger partial charge in [-0.25, -0.2) is 0 Å². The van der Waals surface area contributed by atoms with Crippen LogP contribution in [0.1, 0.15) is 72.6 Å². The van der Waals surface area contributed by atoms with E-state index in [4.69, 9.17) is 0 Å². The molecule has 104 valence electrons. The van der Waals surface area contributed by atoms with Gasteiger partial charge in [-0.1, -0.05) is 71.1 Å². The standard InChI is InChI=1S/C19H28/c1-5-7-8-9-11-16-19(4)17-13-10-12-15-18(3)14-6-2/h18-19H,6,10,12-15,17H2,1-4H3/t18-,19+/m0/s1. The minimum absolute atomic E-state index is 0.456. The molecule has 0 bridgehead atoms. The molecule has 0 aromatic heterocycles. The van der Waals surface area contributed by atoms with Gasteiger partial charge in [-0.05, 0) is 42.9 Å². The van der Waals surface area contributed by atoms with Gasteiger partial charge in [0.05, 0.1) is 0 Å². The third-order valence-electron chi connectivity index (χ3n) is 3.25. The van der Waals surface area contributed by atoms with Crippen LogP contribution in [0.15, 0.2) is 0 Å². The highest BCUT2D eigenvalue weighted by Gasteiger charge is 2.01. The lowest BCUT2D eigenvalue weighted by Crippen LogP contribution is -1.95. The van der Waals surface area contributed by atoms with Crippen LogP contribution in [0.4, 0.5) is 0 Å². The van der Waals surface area contributed by atoms with Crippen LogP contribution in [0.2, 0.25) is 0 Å². The Bertz CT molecular complexity index is 383. The summed E-state index contributed by atoms with van der Waals surface area (Å²) in [6.07, 6.45) is 9.26. The molecule has 0 amide bonds. The quantitative estimate of drug-likeness (QED) is 0.421. The lowest BCUT2D eigenvalue weighted by atomic mass is 9.97. The van der Waals surface area contributed by atoms with Crippen LogP contribution in [0.3, 0.4) is 0 Å². The first-order chi connectivity index (χ1) is 9.20. The Morgan fingerprint density at radius 3 is 2.16 bits per heavy atom. The third kappa shape index (κ3) is 12.9. The zero-order valence-corrected chi connectivity index (χ0v) is 13.1. The Labute approximate surface area is 120 Å².